The molecule has 1 aliphatic heterocycles. The number of benzene rings is 1. The average molecular weight is 560 g/mol. The van der Waals surface area contributed by atoms with Crippen LogP contribution in [0.4, 0.5) is 0 Å². The number of hydrogen-bond donors (Lipinski definition) is 1. The number of aromatic nitrogens is 3. The number of halogens is 1. The topological polar surface area (TPSA) is 67.6 Å². The van der Waals surface area contributed by atoms with Gasteiger partial charge in [0.2, 0.25) is 0 Å². The van der Waals surface area contributed by atoms with Crippen molar-refractivity contribution in [3.63, 3.8) is 0 Å². The van der Waals surface area contributed by atoms with Crippen LogP contribution in [0.5, 0.6) is 5.75 Å². The van der Waals surface area contributed by atoms with Gasteiger partial charge in [0.1, 0.15) is 12.4 Å². The maximum Gasteiger partial charge on any atom is 0.194 e. The molecule has 1 N–H and O–H groups in total. The molecule has 0 saturated carbocycles. The highest BCUT2D eigenvalue weighted by Crippen LogP contribution is 2.27. The predicted octanol–water partition coefficient (Wildman–Crippen LogP) is 4.52. The van der Waals surface area contributed by atoms with E-state index in [1.54, 1.807) is 6.20 Å². The van der Waals surface area contributed by atoms with Crippen molar-refractivity contribution in [2.75, 3.05) is 19.6 Å². The molecule has 3 heterocycles. The summed E-state index contributed by atoms with van der Waals surface area (Å²) in [6, 6.07) is 14.4. The van der Waals surface area contributed by atoms with Crippen molar-refractivity contribution in [3.8, 4) is 5.75 Å². The summed E-state index contributed by atoms with van der Waals surface area (Å²) < 4.78 is 8.06. The third kappa shape index (κ3) is 6.93. The Balaban J connectivity index is 0.00000306. The van der Waals surface area contributed by atoms with E-state index in [0.717, 1.165) is 49.0 Å². The maximum absolute atomic E-state index is 5.84. The van der Waals surface area contributed by atoms with Gasteiger partial charge in [-0.15, -0.1) is 24.0 Å². The summed E-state index contributed by atoms with van der Waals surface area (Å²) in [5, 5.41) is 3.47. The molecule has 0 bridgehead atoms. The fraction of sp³-hybridized carbons (Fsp3) is 0.400. The summed E-state index contributed by atoms with van der Waals surface area (Å²) in [6.45, 7) is 8.33. The lowest BCUT2D eigenvalue weighted by atomic mass is 9.93. The van der Waals surface area contributed by atoms with E-state index in [0.29, 0.717) is 25.1 Å². The highest BCUT2D eigenvalue weighted by molar-refractivity contribution is 14.0. The van der Waals surface area contributed by atoms with Crippen molar-refractivity contribution in [2.45, 2.75) is 39.5 Å². The first-order chi connectivity index (χ1) is 15.7. The van der Waals surface area contributed by atoms with Gasteiger partial charge in [-0.25, -0.2) is 9.98 Å². The maximum atomic E-state index is 5.84. The zero-order valence-electron chi connectivity index (χ0n) is 19.3. The quantitative estimate of drug-likeness (QED) is 0.262. The van der Waals surface area contributed by atoms with Gasteiger partial charge in [0, 0.05) is 38.2 Å². The van der Waals surface area contributed by atoms with Gasteiger partial charge in [0.05, 0.1) is 24.6 Å². The molecule has 1 saturated heterocycles. The minimum Gasteiger partial charge on any atom is -0.487 e. The van der Waals surface area contributed by atoms with Crippen LogP contribution in [0.25, 0.3) is 0 Å². The number of hydrogen-bond acceptors (Lipinski definition) is 4. The number of likely N-dealkylation sites (tertiary alicyclic amines) is 1. The number of rotatable bonds is 7. The number of piperidine rings is 1. The highest BCUT2D eigenvalue weighted by Gasteiger charge is 2.28. The second kappa shape index (κ2) is 12.6. The van der Waals surface area contributed by atoms with Gasteiger partial charge >= 0.3 is 0 Å². The number of pyridine rings is 1. The van der Waals surface area contributed by atoms with E-state index in [4.69, 9.17) is 9.73 Å². The van der Waals surface area contributed by atoms with Gasteiger partial charge in [-0.05, 0) is 49.1 Å². The van der Waals surface area contributed by atoms with E-state index in [1.807, 2.05) is 42.9 Å². The molecular formula is C25H33IN6O. The van der Waals surface area contributed by atoms with Crippen LogP contribution in [0.3, 0.4) is 0 Å². The van der Waals surface area contributed by atoms with Gasteiger partial charge in [0.25, 0.3) is 0 Å². The molecule has 3 aromatic rings. The van der Waals surface area contributed by atoms with Crippen molar-refractivity contribution >= 4 is 29.9 Å². The monoisotopic (exact) mass is 560 g/mol. The van der Waals surface area contributed by atoms with Crippen LogP contribution >= 0.6 is 24.0 Å². The van der Waals surface area contributed by atoms with Gasteiger partial charge in [-0.2, -0.15) is 0 Å². The fourth-order valence-corrected chi connectivity index (χ4v) is 4.02. The van der Waals surface area contributed by atoms with Crippen LogP contribution in [0.15, 0.2) is 72.4 Å². The van der Waals surface area contributed by atoms with Crippen molar-refractivity contribution < 1.29 is 4.74 Å². The molecule has 0 spiro atoms. The van der Waals surface area contributed by atoms with Crippen LogP contribution in [0.1, 0.15) is 37.6 Å². The van der Waals surface area contributed by atoms with Gasteiger partial charge < -0.3 is 19.5 Å². The van der Waals surface area contributed by atoms with Gasteiger partial charge in [0.15, 0.2) is 5.96 Å². The van der Waals surface area contributed by atoms with E-state index < -0.39 is 0 Å². The lowest BCUT2D eigenvalue weighted by Crippen LogP contribution is -2.49. The predicted molar refractivity (Wildman–Crippen MR) is 142 cm³/mol. The second-order valence-corrected chi connectivity index (χ2v) is 8.21. The minimum atomic E-state index is 0. The Morgan fingerprint density at radius 3 is 2.73 bits per heavy atom. The molecule has 0 radical (unpaired) electrons. The van der Waals surface area contributed by atoms with Crippen LogP contribution < -0.4 is 10.1 Å². The molecule has 0 amide bonds. The zero-order valence-corrected chi connectivity index (χ0v) is 21.6. The molecule has 2 unspecified atom stereocenters. The first-order valence-corrected chi connectivity index (χ1v) is 11.3. The smallest absolute Gasteiger partial charge is 0.194 e. The first-order valence-electron chi connectivity index (χ1n) is 11.3. The summed E-state index contributed by atoms with van der Waals surface area (Å²) in [4.78, 5) is 15.8. The minimum absolute atomic E-state index is 0. The van der Waals surface area contributed by atoms with Crippen molar-refractivity contribution in [1.82, 2.24) is 24.8 Å². The summed E-state index contributed by atoms with van der Waals surface area (Å²) in [7, 11) is 0. The van der Waals surface area contributed by atoms with E-state index in [2.05, 4.69) is 56.9 Å². The second-order valence-electron chi connectivity index (χ2n) is 8.21. The summed E-state index contributed by atoms with van der Waals surface area (Å²) >= 11 is 0. The van der Waals surface area contributed by atoms with E-state index in [-0.39, 0.29) is 24.0 Å². The Bertz CT molecular complexity index is 978. The molecule has 1 fully saturated rings. The van der Waals surface area contributed by atoms with Crippen LogP contribution in [-0.2, 0) is 13.2 Å². The molecular weight excluding hydrogens is 527 g/mol. The molecule has 2 atom stereocenters. The largest absolute Gasteiger partial charge is 0.487 e. The average Bonchev–Trinajstić information content (AvgIpc) is 3.37. The standard InChI is InChI=1S/C25H32N6O.HI/c1-3-27-25(30-14-11-20(2)24(17-30)31-15-13-26-19-31)29-16-21-7-9-23(10-8-21)32-18-22-6-4-5-12-28-22;/h4-10,12-13,15,19-20,24H,3,11,14,16-18H2,1-2H3,(H,27,29);1H. The van der Waals surface area contributed by atoms with Gasteiger partial charge in [-0.3, -0.25) is 4.98 Å². The van der Waals surface area contributed by atoms with Crippen LogP contribution in [-0.4, -0.2) is 45.0 Å². The number of nitrogens with zero attached hydrogens (tertiary/aromatic N) is 5. The fourth-order valence-electron chi connectivity index (χ4n) is 4.02. The van der Waals surface area contributed by atoms with Crippen LogP contribution in [0.2, 0.25) is 0 Å². The molecule has 33 heavy (non-hydrogen) atoms. The first kappa shape index (κ1) is 25.0. The normalized spacial score (nSPS) is 18.5. The Hall–Kier alpha value is -2.62. The van der Waals surface area contributed by atoms with Crippen molar-refractivity contribution in [3.05, 3.63) is 78.6 Å². The van der Waals surface area contributed by atoms with E-state index in [1.165, 1.54) is 0 Å². The highest BCUT2D eigenvalue weighted by atomic mass is 127. The van der Waals surface area contributed by atoms with E-state index in [9.17, 15) is 0 Å². The molecule has 176 valence electrons. The third-order valence-corrected chi connectivity index (χ3v) is 5.91. The number of guanidine groups is 1. The van der Waals surface area contributed by atoms with E-state index >= 15 is 0 Å². The molecule has 0 aliphatic carbocycles. The summed E-state index contributed by atoms with van der Waals surface area (Å²) in [5.41, 5.74) is 2.07. The molecule has 7 nitrogen and oxygen atoms in total. The lowest BCUT2D eigenvalue weighted by molar-refractivity contribution is 0.189. The Kier molecular flexibility index (Phi) is 9.53. The SMILES string of the molecule is CCNC(=NCc1ccc(OCc2ccccn2)cc1)N1CCC(C)C(n2ccnc2)C1.I. The Morgan fingerprint density at radius 1 is 1.18 bits per heavy atom. The van der Waals surface area contributed by atoms with Crippen molar-refractivity contribution in [1.29, 1.82) is 0 Å². The van der Waals surface area contributed by atoms with Crippen LogP contribution in [0, 0.1) is 5.92 Å². The number of aliphatic imine (C=N–C) groups is 1. The third-order valence-electron chi connectivity index (χ3n) is 5.91. The molecule has 8 heteroatoms. The lowest BCUT2D eigenvalue weighted by Gasteiger charge is -2.39. The number of imidazole rings is 1. The number of ether oxygens (including phenoxy) is 1. The molecule has 2 aromatic heterocycles. The Labute approximate surface area is 213 Å². The summed E-state index contributed by atoms with van der Waals surface area (Å²) in [6.07, 6.45) is 8.76. The number of nitrogens with one attached hydrogen (secondary N) is 1. The van der Waals surface area contributed by atoms with Crippen molar-refractivity contribution in [2.24, 2.45) is 10.9 Å². The zero-order chi connectivity index (χ0) is 22.2. The Morgan fingerprint density at radius 2 is 2.03 bits per heavy atom. The molecule has 1 aromatic carbocycles. The van der Waals surface area contributed by atoms with Gasteiger partial charge in [-0.1, -0.05) is 25.1 Å². The molecule has 1 aliphatic rings. The summed E-state index contributed by atoms with van der Waals surface area (Å²) in [5.74, 6) is 2.42. The molecule has 4 rings (SSSR count).